The Labute approximate surface area is 115 Å². The first kappa shape index (κ1) is 14.3. The van der Waals surface area contributed by atoms with Crippen molar-refractivity contribution in [3.05, 3.63) is 40.0 Å². The van der Waals surface area contributed by atoms with Gasteiger partial charge in [0, 0.05) is 17.5 Å². The quantitative estimate of drug-likeness (QED) is 0.850. The fraction of sp³-hybridized carbons (Fsp3) is 0.333. The van der Waals surface area contributed by atoms with Gasteiger partial charge in [-0.2, -0.15) is 0 Å². The second-order valence-electron chi connectivity index (χ2n) is 4.02. The van der Waals surface area contributed by atoms with Crippen LogP contribution in [0, 0.1) is 6.92 Å². The molecule has 2 rings (SSSR count). The lowest BCUT2D eigenvalue weighted by molar-refractivity contribution is 0.244. The Bertz CT molecular complexity index is 629. The molecule has 0 saturated carbocycles. The summed E-state index contributed by atoms with van der Waals surface area (Å²) in [6, 6.07) is 5.25. The van der Waals surface area contributed by atoms with Gasteiger partial charge in [0.1, 0.15) is 23.0 Å². The van der Waals surface area contributed by atoms with Gasteiger partial charge in [-0.3, -0.25) is 0 Å². The molecule has 2 aromatic rings. The summed E-state index contributed by atoms with van der Waals surface area (Å²) in [5.41, 5.74) is 0. The van der Waals surface area contributed by atoms with E-state index in [-0.39, 0.29) is 23.0 Å². The molecule has 0 saturated heterocycles. The second-order valence-corrected chi connectivity index (χ2v) is 6.79. The second kappa shape index (κ2) is 5.87. The predicted octanol–water partition coefficient (Wildman–Crippen LogP) is 1.66. The summed E-state index contributed by atoms with van der Waals surface area (Å²) < 4.78 is 31.8. The van der Waals surface area contributed by atoms with Gasteiger partial charge < -0.3 is 9.52 Å². The number of aryl methyl sites for hydroxylation is 1. The number of hydrogen-bond donors (Lipinski definition) is 2. The van der Waals surface area contributed by atoms with E-state index in [0.717, 1.165) is 4.88 Å². The summed E-state index contributed by atoms with van der Waals surface area (Å²) in [7, 11) is -3.58. The van der Waals surface area contributed by atoms with Crippen LogP contribution in [0.15, 0.2) is 32.9 Å². The van der Waals surface area contributed by atoms with Gasteiger partial charge in [0.25, 0.3) is 0 Å². The minimum Gasteiger partial charge on any atom is -0.462 e. The third-order valence-corrected chi connectivity index (χ3v) is 5.12. The van der Waals surface area contributed by atoms with Gasteiger partial charge in [0.05, 0.1) is 0 Å². The lowest BCUT2D eigenvalue weighted by atomic mass is 10.3. The van der Waals surface area contributed by atoms with E-state index in [1.165, 1.54) is 6.07 Å². The number of rotatable bonds is 6. The van der Waals surface area contributed by atoms with Crippen molar-refractivity contribution in [3.8, 4) is 0 Å². The molecule has 104 valence electrons. The molecule has 2 N–H and O–H groups in total. The maximum absolute atomic E-state index is 12.1. The van der Waals surface area contributed by atoms with Crippen LogP contribution in [-0.2, 0) is 23.1 Å². The van der Waals surface area contributed by atoms with Gasteiger partial charge in [0.2, 0.25) is 10.0 Å². The van der Waals surface area contributed by atoms with Crippen LogP contribution in [0.2, 0.25) is 0 Å². The number of thiophene rings is 1. The van der Waals surface area contributed by atoms with Crippen LogP contribution in [0.1, 0.15) is 16.4 Å². The fourth-order valence-corrected chi connectivity index (χ4v) is 3.65. The van der Waals surface area contributed by atoms with Crippen molar-refractivity contribution >= 4 is 21.4 Å². The van der Waals surface area contributed by atoms with Crippen molar-refractivity contribution in [2.24, 2.45) is 0 Å². The third-order valence-electron chi connectivity index (χ3n) is 2.61. The molecule has 0 aliphatic heterocycles. The molecular weight excluding hydrogens is 286 g/mol. The van der Waals surface area contributed by atoms with Crippen molar-refractivity contribution in [2.45, 2.75) is 24.8 Å². The summed E-state index contributed by atoms with van der Waals surface area (Å²) in [4.78, 5) is 1.21. The van der Waals surface area contributed by atoms with E-state index >= 15 is 0 Å². The van der Waals surface area contributed by atoms with Crippen LogP contribution in [0.5, 0.6) is 0 Å². The van der Waals surface area contributed by atoms with Gasteiger partial charge in [-0.25, -0.2) is 13.1 Å². The average molecular weight is 301 g/mol. The van der Waals surface area contributed by atoms with Crippen molar-refractivity contribution in [3.63, 3.8) is 0 Å². The zero-order valence-corrected chi connectivity index (χ0v) is 12.1. The van der Waals surface area contributed by atoms with Crippen LogP contribution in [-0.4, -0.2) is 20.1 Å². The molecule has 7 heteroatoms. The first-order valence-electron chi connectivity index (χ1n) is 5.75. The zero-order chi connectivity index (χ0) is 13.9. The normalized spacial score (nSPS) is 11.9. The highest BCUT2D eigenvalue weighted by Gasteiger charge is 2.20. The van der Waals surface area contributed by atoms with Crippen LogP contribution < -0.4 is 4.72 Å². The molecule has 0 aliphatic rings. The molecule has 0 amide bonds. The van der Waals surface area contributed by atoms with Crippen molar-refractivity contribution in [1.82, 2.24) is 4.72 Å². The summed E-state index contributed by atoms with van der Waals surface area (Å²) in [6.45, 7) is 1.58. The molecule has 2 aromatic heterocycles. The topological polar surface area (TPSA) is 79.5 Å². The summed E-state index contributed by atoms with van der Waals surface area (Å²) >= 11 is 1.59. The van der Waals surface area contributed by atoms with Crippen LogP contribution in [0.4, 0.5) is 0 Å². The molecule has 0 atom stereocenters. The number of nitrogens with one attached hydrogen (secondary N) is 1. The van der Waals surface area contributed by atoms with E-state index in [1.54, 1.807) is 18.3 Å². The molecule has 2 heterocycles. The number of furan rings is 1. The Balaban J connectivity index is 2.03. The van der Waals surface area contributed by atoms with Crippen LogP contribution in [0.25, 0.3) is 0 Å². The predicted molar refractivity (Wildman–Crippen MR) is 72.6 cm³/mol. The highest BCUT2D eigenvalue weighted by Crippen LogP contribution is 2.20. The van der Waals surface area contributed by atoms with Gasteiger partial charge in [-0.05, 0) is 24.8 Å². The number of aliphatic hydroxyl groups is 1. The molecule has 0 fully saturated rings. The van der Waals surface area contributed by atoms with Crippen LogP contribution in [0.3, 0.4) is 0 Å². The van der Waals surface area contributed by atoms with Gasteiger partial charge >= 0.3 is 0 Å². The highest BCUT2D eigenvalue weighted by atomic mass is 32.2. The minimum atomic E-state index is -3.58. The molecule has 0 unspecified atom stereocenters. The van der Waals surface area contributed by atoms with Crippen molar-refractivity contribution < 1.29 is 17.9 Å². The largest absolute Gasteiger partial charge is 0.462 e. The molecular formula is C12H15NO4S2. The Hall–Kier alpha value is -1.15. The summed E-state index contributed by atoms with van der Waals surface area (Å²) in [5, 5.41) is 10.9. The number of hydrogen-bond acceptors (Lipinski definition) is 5. The smallest absolute Gasteiger partial charge is 0.244 e. The zero-order valence-electron chi connectivity index (χ0n) is 10.4. The summed E-state index contributed by atoms with van der Waals surface area (Å²) in [5.74, 6) is 0.531. The van der Waals surface area contributed by atoms with Crippen LogP contribution >= 0.6 is 11.3 Å². The van der Waals surface area contributed by atoms with E-state index in [2.05, 4.69) is 4.72 Å². The number of sulfonamides is 1. The van der Waals surface area contributed by atoms with Crippen molar-refractivity contribution in [2.75, 3.05) is 6.54 Å². The van der Waals surface area contributed by atoms with Crippen molar-refractivity contribution in [1.29, 1.82) is 0 Å². The molecule has 0 bridgehead atoms. The number of aliphatic hydroxyl groups excluding tert-OH is 1. The molecule has 0 aromatic carbocycles. The standard InChI is InChI=1S/C12H15NO4S2/c1-9-12(7-10(8-14)17-9)19(15,16)13-5-4-11-3-2-6-18-11/h2-3,6-7,13-14H,4-5,8H2,1H3. The molecule has 5 nitrogen and oxygen atoms in total. The van der Waals surface area contributed by atoms with Gasteiger partial charge in [0.15, 0.2) is 0 Å². The lowest BCUT2D eigenvalue weighted by Crippen LogP contribution is -2.26. The van der Waals surface area contributed by atoms with E-state index in [0.29, 0.717) is 13.0 Å². The monoisotopic (exact) mass is 301 g/mol. The Morgan fingerprint density at radius 2 is 2.26 bits per heavy atom. The maximum atomic E-state index is 12.1. The molecule has 19 heavy (non-hydrogen) atoms. The van der Waals surface area contributed by atoms with Gasteiger partial charge in [-0.15, -0.1) is 11.3 Å². The summed E-state index contributed by atoms with van der Waals surface area (Å²) in [6.07, 6.45) is 0.653. The Morgan fingerprint density at radius 1 is 1.47 bits per heavy atom. The minimum absolute atomic E-state index is 0.0859. The molecule has 0 spiro atoms. The Morgan fingerprint density at radius 3 is 2.84 bits per heavy atom. The van der Waals surface area contributed by atoms with E-state index in [9.17, 15) is 8.42 Å². The molecule has 0 radical (unpaired) electrons. The van der Waals surface area contributed by atoms with E-state index in [4.69, 9.17) is 9.52 Å². The van der Waals surface area contributed by atoms with E-state index < -0.39 is 10.0 Å². The third kappa shape index (κ3) is 3.44. The fourth-order valence-electron chi connectivity index (χ4n) is 1.71. The Kier molecular flexibility index (Phi) is 4.41. The average Bonchev–Trinajstić information content (AvgIpc) is 2.98. The molecule has 0 aliphatic carbocycles. The SMILES string of the molecule is Cc1oc(CO)cc1S(=O)(=O)NCCc1cccs1. The van der Waals surface area contributed by atoms with Gasteiger partial charge in [-0.1, -0.05) is 6.07 Å². The first-order chi connectivity index (χ1) is 9.03. The maximum Gasteiger partial charge on any atom is 0.244 e. The lowest BCUT2D eigenvalue weighted by Gasteiger charge is -2.04. The first-order valence-corrected chi connectivity index (χ1v) is 8.11. The highest BCUT2D eigenvalue weighted by molar-refractivity contribution is 7.89. The van der Waals surface area contributed by atoms with E-state index in [1.807, 2.05) is 17.5 Å².